The van der Waals surface area contributed by atoms with E-state index >= 15 is 0 Å². The summed E-state index contributed by atoms with van der Waals surface area (Å²) in [6, 6.07) is 7.92. The van der Waals surface area contributed by atoms with Gasteiger partial charge in [-0.25, -0.2) is 4.79 Å². The van der Waals surface area contributed by atoms with Gasteiger partial charge in [0.25, 0.3) is 5.91 Å². The van der Waals surface area contributed by atoms with E-state index in [-0.39, 0.29) is 5.91 Å². The third kappa shape index (κ3) is 9.52. The summed E-state index contributed by atoms with van der Waals surface area (Å²) in [4.78, 5) is 35.4. The van der Waals surface area contributed by atoms with Crippen LogP contribution in [-0.2, 0) is 38.8 Å². The van der Waals surface area contributed by atoms with Crippen LogP contribution in [0.25, 0.3) is 0 Å². The molecule has 0 saturated heterocycles. The number of nitrogens with zero attached hydrogens (tertiary/aromatic N) is 2. The van der Waals surface area contributed by atoms with Crippen LogP contribution < -0.4 is 11.1 Å². The fourth-order valence-corrected chi connectivity index (χ4v) is 8.14. The lowest BCUT2D eigenvalue weighted by Crippen LogP contribution is -2.22. The van der Waals surface area contributed by atoms with Crippen molar-refractivity contribution in [1.29, 1.82) is 0 Å². The minimum atomic E-state index is -0.783. The predicted molar refractivity (Wildman–Crippen MR) is 181 cm³/mol. The van der Waals surface area contributed by atoms with Crippen molar-refractivity contribution in [2.75, 3.05) is 0 Å². The van der Waals surface area contributed by atoms with E-state index in [2.05, 4.69) is 53.2 Å². The van der Waals surface area contributed by atoms with Crippen LogP contribution in [0, 0.1) is 13.8 Å². The van der Waals surface area contributed by atoms with E-state index < -0.39 is 5.97 Å². The summed E-state index contributed by atoms with van der Waals surface area (Å²) in [7, 11) is 0. The number of fused-ring (bicyclic) bond motifs is 2. The number of nitrogens with two attached hydrogens (primary N) is 1. The molecule has 11 heteroatoms. The van der Waals surface area contributed by atoms with Crippen LogP contribution in [0.2, 0.25) is 0 Å². The Kier molecular flexibility index (Phi) is 12.5. The highest BCUT2D eigenvalue weighted by atomic mass is 79.9. The third-order valence-electron chi connectivity index (χ3n) is 7.34. The van der Waals surface area contributed by atoms with E-state index in [4.69, 9.17) is 10.8 Å². The highest BCUT2D eigenvalue weighted by Gasteiger charge is 2.18. The zero-order valence-electron chi connectivity index (χ0n) is 24.3. The number of aryl methyl sites for hydroxylation is 6. The lowest BCUT2D eigenvalue weighted by atomic mass is 9.99. The van der Waals surface area contributed by atoms with Gasteiger partial charge in [0.05, 0.1) is 22.8 Å². The lowest BCUT2D eigenvalue weighted by molar-refractivity contribution is 0.0701. The average molecular weight is 749 g/mol. The Morgan fingerprint density at radius 3 is 1.79 bits per heavy atom. The predicted octanol–water partition coefficient (Wildman–Crippen LogP) is 7.96. The fourth-order valence-electron chi connectivity index (χ4n) is 4.99. The lowest BCUT2D eigenvalue weighted by Gasteiger charge is -2.08. The van der Waals surface area contributed by atoms with E-state index in [1.807, 2.05) is 32.0 Å². The smallest absolute Gasteiger partial charge is 0.345 e. The number of amides is 1. The van der Waals surface area contributed by atoms with Gasteiger partial charge in [0, 0.05) is 37.6 Å². The molecule has 2 aliphatic carbocycles. The van der Waals surface area contributed by atoms with Crippen molar-refractivity contribution < 1.29 is 14.7 Å². The normalized spacial score (nSPS) is 13.4. The van der Waals surface area contributed by atoms with E-state index in [0.717, 1.165) is 62.0 Å². The second kappa shape index (κ2) is 16.0. The number of rotatable bonds is 5. The monoisotopic (exact) mass is 746 g/mol. The van der Waals surface area contributed by atoms with Crippen LogP contribution in [0.3, 0.4) is 0 Å². The fraction of sp³-hybridized carbons (Fsp3) is 0.375. The van der Waals surface area contributed by atoms with Crippen molar-refractivity contribution in [2.24, 2.45) is 5.73 Å². The van der Waals surface area contributed by atoms with Gasteiger partial charge in [-0.3, -0.25) is 14.8 Å². The van der Waals surface area contributed by atoms with E-state index in [1.54, 1.807) is 23.7 Å². The van der Waals surface area contributed by atoms with Gasteiger partial charge in [0.1, 0.15) is 4.88 Å². The standard InChI is InChI=1S/C16H17BrN2OS.C9H10O2S.C7H9BrN2/c1-10-6-12(17)8-18-13(10)9-19-16(20)15-7-11-4-2-3-5-14(11)21-15;10-9(11)8-5-6-3-1-2-4-7(6)12-8;1-5-2-6(8)4-10-7(5)3-9/h6-8H,2-5,9H2,1H3,(H,19,20);5H,1-4H2,(H,10,11);2,4H,3,9H2,1H3. The maximum absolute atomic E-state index is 12.3. The molecule has 43 heavy (non-hydrogen) atoms. The Labute approximate surface area is 277 Å². The van der Waals surface area contributed by atoms with Gasteiger partial charge in [0.2, 0.25) is 0 Å². The zero-order chi connectivity index (χ0) is 30.9. The molecule has 4 aromatic rings. The molecule has 0 saturated carbocycles. The van der Waals surface area contributed by atoms with Crippen molar-refractivity contribution in [1.82, 2.24) is 15.3 Å². The largest absolute Gasteiger partial charge is 0.477 e. The van der Waals surface area contributed by atoms with Gasteiger partial charge in [-0.2, -0.15) is 0 Å². The molecule has 4 N–H and O–H groups in total. The third-order valence-corrected chi connectivity index (χ3v) is 10.7. The molecule has 0 aliphatic heterocycles. The van der Waals surface area contributed by atoms with Gasteiger partial charge < -0.3 is 16.2 Å². The zero-order valence-corrected chi connectivity index (χ0v) is 29.1. The number of carbonyl (C=O) groups is 2. The van der Waals surface area contributed by atoms with Crippen LogP contribution in [0.4, 0.5) is 0 Å². The molecule has 1 amide bonds. The number of nitrogens with one attached hydrogen (secondary N) is 1. The highest BCUT2D eigenvalue weighted by Crippen LogP contribution is 2.30. The number of pyridine rings is 2. The molecule has 0 aromatic carbocycles. The minimum absolute atomic E-state index is 0.0125. The molecule has 4 aromatic heterocycles. The SMILES string of the molecule is Cc1cc(Br)cnc1CN.Cc1cc(Br)cnc1CNC(=O)c1cc2c(s1)CCCC2.O=C(O)c1cc2c(s1)CCCC2. The first kappa shape index (κ1) is 33.5. The molecular weight excluding hydrogens is 712 g/mol. The molecule has 4 heterocycles. The van der Waals surface area contributed by atoms with Gasteiger partial charge in [-0.05, 0) is 144 Å². The van der Waals surface area contributed by atoms with Crippen LogP contribution in [0.5, 0.6) is 0 Å². The molecule has 7 nitrogen and oxygen atoms in total. The van der Waals surface area contributed by atoms with E-state index in [1.165, 1.54) is 57.9 Å². The molecule has 0 unspecified atom stereocenters. The molecule has 0 spiro atoms. The second-order valence-electron chi connectivity index (χ2n) is 10.6. The first-order chi connectivity index (χ1) is 20.6. The van der Waals surface area contributed by atoms with Crippen LogP contribution in [0.15, 0.2) is 45.6 Å². The van der Waals surface area contributed by atoms with Crippen LogP contribution >= 0.6 is 54.5 Å². The summed E-state index contributed by atoms with van der Waals surface area (Å²) in [5.74, 6) is -0.770. The quantitative estimate of drug-likeness (QED) is 0.191. The maximum atomic E-state index is 12.3. The molecule has 6 rings (SSSR count). The molecule has 0 bridgehead atoms. The molecule has 0 fully saturated rings. The van der Waals surface area contributed by atoms with Crippen LogP contribution in [-0.4, -0.2) is 27.0 Å². The first-order valence-corrected chi connectivity index (χ1v) is 17.5. The number of aromatic carboxylic acids is 1. The minimum Gasteiger partial charge on any atom is -0.477 e. The summed E-state index contributed by atoms with van der Waals surface area (Å²) in [5.41, 5.74) is 12.1. The summed E-state index contributed by atoms with van der Waals surface area (Å²) < 4.78 is 1.96. The van der Waals surface area contributed by atoms with Gasteiger partial charge in [-0.1, -0.05) is 0 Å². The molecule has 2 aliphatic rings. The number of carbonyl (C=O) groups excluding carboxylic acids is 1. The molecule has 228 valence electrons. The molecule has 0 radical (unpaired) electrons. The number of carboxylic acid groups (broad SMARTS) is 1. The number of halogens is 2. The second-order valence-corrected chi connectivity index (χ2v) is 14.7. The number of hydrogen-bond acceptors (Lipinski definition) is 7. The summed E-state index contributed by atoms with van der Waals surface area (Å²) in [5, 5.41) is 11.7. The number of hydrogen-bond donors (Lipinski definition) is 3. The molecule has 0 atom stereocenters. The Hall–Kier alpha value is -2.44. The van der Waals surface area contributed by atoms with Crippen molar-refractivity contribution >= 4 is 66.4 Å². The van der Waals surface area contributed by atoms with Crippen molar-refractivity contribution in [3.05, 3.63) is 98.8 Å². The first-order valence-electron chi connectivity index (χ1n) is 14.3. The Bertz CT molecular complexity index is 1540. The Morgan fingerprint density at radius 1 is 0.814 bits per heavy atom. The summed E-state index contributed by atoms with van der Waals surface area (Å²) in [6.07, 6.45) is 12.8. The summed E-state index contributed by atoms with van der Waals surface area (Å²) in [6.45, 7) is 4.99. The maximum Gasteiger partial charge on any atom is 0.345 e. The van der Waals surface area contributed by atoms with Gasteiger partial charge >= 0.3 is 5.97 Å². The van der Waals surface area contributed by atoms with Gasteiger partial charge in [-0.15, -0.1) is 22.7 Å². The van der Waals surface area contributed by atoms with Crippen molar-refractivity contribution in [3.63, 3.8) is 0 Å². The topological polar surface area (TPSA) is 118 Å². The molecular formula is C32H36Br2N4O3S2. The van der Waals surface area contributed by atoms with Crippen LogP contribution in [0.1, 0.15) is 88.4 Å². The number of carboxylic acids is 1. The highest BCUT2D eigenvalue weighted by molar-refractivity contribution is 9.10. The van der Waals surface area contributed by atoms with Crippen molar-refractivity contribution in [2.45, 2.75) is 78.3 Å². The number of aromatic nitrogens is 2. The van der Waals surface area contributed by atoms with E-state index in [9.17, 15) is 9.59 Å². The Balaban J connectivity index is 0.000000163. The van der Waals surface area contributed by atoms with Crippen molar-refractivity contribution in [3.8, 4) is 0 Å². The Morgan fingerprint density at radius 2 is 1.30 bits per heavy atom. The summed E-state index contributed by atoms with van der Waals surface area (Å²) >= 11 is 9.81. The van der Waals surface area contributed by atoms with Gasteiger partial charge in [0.15, 0.2) is 0 Å². The number of thiophene rings is 2. The average Bonchev–Trinajstić information content (AvgIpc) is 3.62. The van der Waals surface area contributed by atoms with E-state index in [0.29, 0.717) is 18.0 Å².